The minimum absolute atomic E-state index is 0.230. The molecule has 0 radical (unpaired) electrons. The molecule has 0 amide bonds. The van der Waals surface area contributed by atoms with Crippen molar-refractivity contribution in [3.05, 3.63) is 12.3 Å². The van der Waals surface area contributed by atoms with Crippen molar-refractivity contribution >= 4 is 0 Å². The van der Waals surface area contributed by atoms with Crippen molar-refractivity contribution < 1.29 is 5.11 Å². The average molecular weight is 156 g/mol. The van der Waals surface area contributed by atoms with Gasteiger partial charge in [0.05, 0.1) is 6.61 Å². The van der Waals surface area contributed by atoms with Crippen LogP contribution in [0, 0.1) is 0 Å². The number of allylic oxidation sites excluding steroid dienone is 1. The van der Waals surface area contributed by atoms with Gasteiger partial charge in [-0.05, 0) is 13.1 Å². The lowest BCUT2D eigenvalue weighted by Gasteiger charge is -2.31. The molecule has 1 fully saturated rings. The topological polar surface area (TPSA) is 35.5 Å². The quantitative estimate of drug-likeness (QED) is 0.580. The van der Waals surface area contributed by atoms with Gasteiger partial charge < -0.3 is 15.3 Å². The van der Waals surface area contributed by atoms with Gasteiger partial charge in [-0.3, -0.25) is 0 Å². The van der Waals surface area contributed by atoms with Crippen LogP contribution in [0.4, 0.5) is 0 Å². The number of rotatable bonds is 2. The van der Waals surface area contributed by atoms with Crippen molar-refractivity contribution in [1.82, 2.24) is 10.2 Å². The summed E-state index contributed by atoms with van der Waals surface area (Å²) < 4.78 is 0. The number of nitrogens with one attached hydrogen (secondary N) is 1. The molecule has 3 heteroatoms. The number of piperazine rings is 1. The monoisotopic (exact) mass is 156 g/mol. The van der Waals surface area contributed by atoms with Crippen LogP contribution < -0.4 is 5.32 Å². The van der Waals surface area contributed by atoms with E-state index in [1.807, 2.05) is 13.0 Å². The molecule has 1 atom stereocenters. The fourth-order valence-corrected chi connectivity index (χ4v) is 1.32. The van der Waals surface area contributed by atoms with E-state index in [4.69, 9.17) is 5.11 Å². The van der Waals surface area contributed by atoms with Crippen LogP contribution in [0.2, 0.25) is 0 Å². The first-order valence-electron chi connectivity index (χ1n) is 4.08. The second-order valence-electron chi connectivity index (χ2n) is 2.81. The van der Waals surface area contributed by atoms with Gasteiger partial charge >= 0.3 is 0 Å². The zero-order chi connectivity index (χ0) is 8.10. The summed E-state index contributed by atoms with van der Waals surface area (Å²) in [4.78, 5) is 2.22. The van der Waals surface area contributed by atoms with Crippen molar-refractivity contribution in [3.8, 4) is 0 Å². The van der Waals surface area contributed by atoms with E-state index in [-0.39, 0.29) is 12.6 Å². The summed E-state index contributed by atoms with van der Waals surface area (Å²) in [6, 6.07) is 0.250. The molecular formula is C8H16N2O. The zero-order valence-electron chi connectivity index (χ0n) is 6.95. The van der Waals surface area contributed by atoms with Crippen molar-refractivity contribution in [2.24, 2.45) is 0 Å². The number of nitrogens with zero attached hydrogens (tertiary/aromatic N) is 1. The Morgan fingerprint density at radius 1 is 1.73 bits per heavy atom. The lowest BCUT2D eigenvalue weighted by Crippen LogP contribution is -2.50. The second kappa shape index (κ2) is 4.36. The van der Waals surface area contributed by atoms with E-state index >= 15 is 0 Å². The SMILES string of the molecule is CC=CN1CCNC(CO)C1. The van der Waals surface area contributed by atoms with Crippen LogP contribution in [0.25, 0.3) is 0 Å². The van der Waals surface area contributed by atoms with Gasteiger partial charge in [0, 0.05) is 25.7 Å². The molecule has 0 bridgehead atoms. The Kier molecular flexibility index (Phi) is 3.39. The van der Waals surface area contributed by atoms with Crippen LogP contribution in [-0.4, -0.2) is 42.3 Å². The molecule has 1 heterocycles. The molecule has 1 unspecified atom stereocenters. The van der Waals surface area contributed by atoms with Crippen LogP contribution >= 0.6 is 0 Å². The first-order chi connectivity index (χ1) is 5.36. The summed E-state index contributed by atoms with van der Waals surface area (Å²) in [6.45, 7) is 5.17. The molecule has 0 aromatic rings. The van der Waals surface area contributed by atoms with Gasteiger partial charge in [0.25, 0.3) is 0 Å². The molecule has 0 saturated carbocycles. The van der Waals surface area contributed by atoms with E-state index in [9.17, 15) is 0 Å². The Bertz CT molecular complexity index is 136. The Morgan fingerprint density at radius 2 is 2.55 bits per heavy atom. The normalized spacial score (nSPS) is 26.4. The van der Waals surface area contributed by atoms with Gasteiger partial charge in [-0.1, -0.05) is 6.08 Å². The summed E-state index contributed by atoms with van der Waals surface area (Å²) in [5.74, 6) is 0. The molecule has 1 saturated heterocycles. The summed E-state index contributed by atoms with van der Waals surface area (Å²) in [6.07, 6.45) is 4.10. The van der Waals surface area contributed by atoms with Crippen LogP contribution in [0.5, 0.6) is 0 Å². The molecule has 64 valence electrons. The number of hydrogen-bond donors (Lipinski definition) is 2. The molecule has 3 nitrogen and oxygen atoms in total. The van der Waals surface area contributed by atoms with Crippen molar-refractivity contribution in [2.45, 2.75) is 13.0 Å². The van der Waals surface area contributed by atoms with Gasteiger partial charge in [0.2, 0.25) is 0 Å². The highest BCUT2D eigenvalue weighted by atomic mass is 16.3. The lowest BCUT2D eigenvalue weighted by molar-refractivity contribution is 0.180. The molecule has 1 rings (SSSR count). The van der Waals surface area contributed by atoms with E-state index in [1.54, 1.807) is 0 Å². The molecule has 0 aliphatic carbocycles. The number of aliphatic hydroxyl groups is 1. The fourth-order valence-electron chi connectivity index (χ4n) is 1.32. The fraction of sp³-hybridized carbons (Fsp3) is 0.750. The maximum absolute atomic E-state index is 8.86. The van der Waals surface area contributed by atoms with Gasteiger partial charge in [-0.2, -0.15) is 0 Å². The third-order valence-corrected chi connectivity index (χ3v) is 1.87. The van der Waals surface area contributed by atoms with E-state index < -0.39 is 0 Å². The first-order valence-corrected chi connectivity index (χ1v) is 4.08. The second-order valence-corrected chi connectivity index (χ2v) is 2.81. The molecule has 11 heavy (non-hydrogen) atoms. The summed E-state index contributed by atoms with van der Waals surface area (Å²) >= 11 is 0. The Hall–Kier alpha value is -0.540. The summed E-state index contributed by atoms with van der Waals surface area (Å²) in [5, 5.41) is 12.1. The van der Waals surface area contributed by atoms with Gasteiger partial charge in [0.1, 0.15) is 0 Å². The highest BCUT2D eigenvalue weighted by Crippen LogP contribution is 1.98. The Labute approximate surface area is 67.7 Å². The van der Waals surface area contributed by atoms with E-state index in [0.717, 1.165) is 19.6 Å². The lowest BCUT2D eigenvalue weighted by atomic mass is 10.2. The van der Waals surface area contributed by atoms with Crippen LogP contribution in [0.1, 0.15) is 6.92 Å². The van der Waals surface area contributed by atoms with E-state index in [0.29, 0.717) is 0 Å². The summed E-state index contributed by atoms with van der Waals surface area (Å²) in [7, 11) is 0. The predicted molar refractivity (Wildman–Crippen MR) is 45.3 cm³/mol. The molecular weight excluding hydrogens is 140 g/mol. The third-order valence-electron chi connectivity index (χ3n) is 1.87. The Balaban J connectivity index is 2.33. The number of aliphatic hydroxyl groups excluding tert-OH is 1. The van der Waals surface area contributed by atoms with Crippen molar-refractivity contribution in [2.75, 3.05) is 26.2 Å². The van der Waals surface area contributed by atoms with Crippen LogP contribution in [0.3, 0.4) is 0 Å². The third kappa shape index (κ3) is 2.52. The Morgan fingerprint density at radius 3 is 3.18 bits per heavy atom. The van der Waals surface area contributed by atoms with Gasteiger partial charge in [-0.25, -0.2) is 0 Å². The van der Waals surface area contributed by atoms with Crippen molar-refractivity contribution in [3.63, 3.8) is 0 Å². The average Bonchev–Trinajstić information content (AvgIpc) is 2.06. The first kappa shape index (κ1) is 8.56. The number of hydrogen-bond acceptors (Lipinski definition) is 3. The zero-order valence-corrected chi connectivity index (χ0v) is 6.95. The minimum Gasteiger partial charge on any atom is -0.395 e. The highest BCUT2D eigenvalue weighted by molar-refractivity contribution is 4.86. The smallest absolute Gasteiger partial charge is 0.0601 e. The molecule has 0 aromatic heterocycles. The molecule has 0 aromatic carbocycles. The molecule has 1 aliphatic heterocycles. The predicted octanol–water partition coefficient (Wildman–Crippen LogP) is -0.214. The summed E-state index contributed by atoms with van der Waals surface area (Å²) in [5.41, 5.74) is 0. The maximum atomic E-state index is 8.86. The van der Waals surface area contributed by atoms with Gasteiger partial charge in [0.15, 0.2) is 0 Å². The molecule has 2 N–H and O–H groups in total. The largest absolute Gasteiger partial charge is 0.395 e. The maximum Gasteiger partial charge on any atom is 0.0601 e. The van der Waals surface area contributed by atoms with Crippen LogP contribution in [0.15, 0.2) is 12.3 Å². The standard InChI is InChI=1S/C8H16N2O/c1-2-4-10-5-3-9-8(6-10)7-11/h2,4,8-9,11H,3,5-7H2,1H3. The van der Waals surface area contributed by atoms with E-state index in [2.05, 4.69) is 16.4 Å². The molecule has 0 spiro atoms. The van der Waals surface area contributed by atoms with Crippen LogP contribution in [-0.2, 0) is 0 Å². The molecule has 1 aliphatic rings. The van der Waals surface area contributed by atoms with Crippen molar-refractivity contribution in [1.29, 1.82) is 0 Å². The van der Waals surface area contributed by atoms with E-state index in [1.165, 1.54) is 0 Å². The highest BCUT2D eigenvalue weighted by Gasteiger charge is 2.14. The van der Waals surface area contributed by atoms with Gasteiger partial charge in [-0.15, -0.1) is 0 Å². The minimum atomic E-state index is 0.230.